The largest absolute Gasteiger partial charge is 0.464 e. The summed E-state index contributed by atoms with van der Waals surface area (Å²) < 4.78 is 9.83. The van der Waals surface area contributed by atoms with Gasteiger partial charge in [-0.15, -0.1) is 0 Å². The maximum atomic E-state index is 11.9. The van der Waals surface area contributed by atoms with Crippen LogP contribution in [-0.2, 0) is 19.1 Å². The summed E-state index contributed by atoms with van der Waals surface area (Å²) in [6.45, 7) is 4.15. The number of esters is 1. The summed E-state index contributed by atoms with van der Waals surface area (Å²) in [6.07, 6.45) is 0.298. The Balaban J connectivity index is 2.58. The molecule has 0 saturated carbocycles. The Hall–Kier alpha value is -1.14. The lowest BCUT2D eigenvalue weighted by atomic mass is 10.1. The van der Waals surface area contributed by atoms with E-state index >= 15 is 0 Å². The molecule has 1 atom stereocenters. The van der Waals surface area contributed by atoms with Crippen LogP contribution >= 0.6 is 0 Å². The molecular weight excluding hydrogens is 224 g/mol. The third-order valence-electron chi connectivity index (χ3n) is 2.64. The van der Waals surface area contributed by atoms with Gasteiger partial charge in [-0.1, -0.05) is 0 Å². The fraction of sp³-hybridized carbons (Fsp3) is 0.818. The van der Waals surface area contributed by atoms with Gasteiger partial charge < -0.3 is 19.7 Å². The van der Waals surface area contributed by atoms with E-state index in [1.165, 1.54) is 0 Å². The van der Waals surface area contributed by atoms with Crippen LogP contribution in [0.2, 0.25) is 0 Å². The fourth-order valence-electron chi connectivity index (χ4n) is 1.78. The second kappa shape index (κ2) is 7.24. The number of nitrogens with zero attached hydrogens (tertiary/aromatic N) is 1. The van der Waals surface area contributed by atoms with E-state index in [1.807, 2.05) is 0 Å². The number of carbonyl (C=O) groups excluding carboxylic acids is 2. The van der Waals surface area contributed by atoms with Crippen LogP contribution in [0.15, 0.2) is 0 Å². The number of piperazine rings is 1. The third kappa shape index (κ3) is 3.98. The molecule has 0 aromatic rings. The molecule has 1 heterocycles. The van der Waals surface area contributed by atoms with Gasteiger partial charge in [0.05, 0.1) is 19.6 Å². The van der Waals surface area contributed by atoms with E-state index in [-0.39, 0.29) is 11.9 Å². The van der Waals surface area contributed by atoms with Crippen molar-refractivity contribution in [1.82, 2.24) is 10.2 Å². The topological polar surface area (TPSA) is 67.9 Å². The van der Waals surface area contributed by atoms with Crippen LogP contribution in [0.5, 0.6) is 0 Å². The molecule has 0 aromatic heterocycles. The molecular formula is C11H20N2O4. The second-order valence-electron chi connectivity index (χ2n) is 3.80. The SMILES string of the molecule is CCOC(=O)C1CNCCN1C(=O)CCOC. The Bertz CT molecular complexity index is 270. The Morgan fingerprint density at radius 2 is 2.24 bits per heavy atom. The van der Waals surface area contributed by atoms with Crippen molar-refractivity contribution in [2.75, 3.05) is 40.0 Å². The molecule has 1 aliphatic heterocycles. The predicted molar refractivity (Wildman–Crippen MR) is 61.5 cm³/mol. The van der Waals surface area contributed by atoms with Gasteiger partial charge >= 0.3 is 5.97 Å². The molecule has 1 saturated heterocycles. The van der Waals surface area contributed by atoms with Crippen LogP contribution in [0.3, 0.4) is 0 Å². The zero-order valence-corrected chi connectivity index (χ0v) is 10.4. The maximum Gasteiger partial charge on any atom is 0.330 e. The number of ether oxygens (including phenoxy) is 2. The molecule has 1 N–H and O–H groups in total. The molecule has 0 aliphatic carbocycles. The molecule has 6 heteroatoms. The number of carbonyl (C=O) groups is 2. The Kier molecular flexibility index (Phi) is 5.93. The summed E-state index contributed by atoms with van der Waals surface area (Å²) in [7, 11) is 1.55. The minimum Gasteiger partial charge on any atom is -0.464 e. The van der Waals surface area contributed by atoms with Gasteiger partial charge in [0.1, 0.15) is 6.04 Å². The standard InChI is InChI=1S/C11H20N2O4/c1-3-17-11(15)9-8-12-5-6-13(9)10(14)4-7-16-2/h9,12H,3-8H2,1-2H3. The average Bonchev–Trinajstić information content (AvgIpc) is 2.36. The fourth-order valence-corrected chi connectivity index (χ4v) is 1.78. The molecule has 1 unspecified atom stereocenters. The summed E-state index contributed by atoms with van der Waals surface area (Å²) in [5.74, 6) is -0.406. The molecule has 0 radical (unpaired) electrons. The smallest absolute Gasteiger partial charge is 0.330 e. The van der Waals surface area contributed by atoms with Crippen molar-refractivity contribution in [2.24, 2.45) is 0 Å². The molecule has 0 spiro atoms. The first-order chi connectivity index (χ1) is 8.20. The zero-order chi connectivity index (χ0) is 12.7. The van der Waals surface area contributed by atoms with Crippen molar-refractivity contribution >= 4 is 11.9 Å². The third-order valence-corrected chi connectivity index (χ3v) is 2.64. The Morgan fingerprint density at radius 1 is 1.47 bits per heavy atom. The van der Waals surface area contributed by atoms with E-state index in [0.29, 0.717) is 39.3 Å². The number of nitrogens with one attached hydrogen (secondary N) is 1. The number of amides is 1. The summed E-state index contributed by atoms with van der Waals surface area (Å²) in [6, 6.07) is -0.506. The molecule has 1 aliphatic rings. The van der Waals surface area contributed by atoms with Gasteiger partial charge in [0.2, 0.25) is 5.91 Å². The van der Waals surface area contributed by atoms with E-state index < -0.39 is 6.04 Å². The quantitative estimate of drug-likeness (QED) is 0.653. The van der Waals surface area contributed by atoms with E-state index in [2.05, 4.69) is 5.32 Å². The lowest BCUT2D eigenvalue weighted by Gasteiger charge is -2.34. The molecule has 17 heavy (non-hydrogen) atoms. The average molecular weight is 244 g/mol. The summed E-state index contributed by atoms with van der Waals surface area (Å²) in [4.78, 5) is 25.2. The summed E-state index contributed by atoms with van der Waals surface area (Å²) in [5.41, 5.74) is 0. The normalized spacial score (nSPS) is 20.1. The molecule has 1 amide bonds. The predicted octanol–water partition coefficient (Wildman–Crippen LogP) is -0.614. The second-order valence-corrected chi connectivity index (χ2v) is 3.80. The van der Waals surface area contributed by atoms with Gasteiger partial charge in [0.15, 0.2) is 0 Å². The van der Waals surface area contributed by atoms with Crippen molar-refractivity contribution < 1.29 is 19.1 Å². The van der Waals surface area contributed by atoms with E-state index in [9.17, 15) is 9.59 Å². The number of hydrogen-bond donors (Lipinski definition) is 1. The molecule has 6 nitrogen and oxygen atoms in total. The lowest BCUT2D eigenvalue weighted by Crippen LogP contribution is -2.57. The van der Waals surface area contributed by atoms with Gasteiger partial charge in [-0.05, 0) is 6.92 Å². The first-order valence-electron chi connectivity index (χ1n) is 5.86. The molecule has 0 aromatic carbocycles. The molecule has 1 fully saturated rings. The molecule has 1 rings (SSSR count). The Morgan fingerprint density at radius 3 is 2.88 bits per heavy atom. The minimum absolute atomic E-state index is 0.0635. The highest BCUT2D eigenvalue weighted by atomic mass is 16.5. The van der Waals surface area contributed by atoms with Crippen LogP contribution in [-0.4, -0.2) is 62.8 Å². The lowest BCUT2D eigenvalue weighted by molar-refractivity contribution is -0.156. The van der Waals surface area contributed by atoms with Crippen molar-refractivity contribution in [3.63, 3.8) is 0 Å². The van der Waals surface area contributed by atoms with E-state index in [1.54, 1.807) is 18.9 Å². The van der Waals surface area contributed by atoms with Gasteiger partial charge in [0.25, 0.3) is 0 Å². The van der Waals surface area contributed by atoms with E-state index in [4.69, 9.17) is 9.47 Å². The highest BCUT2D eigenvalue weighted by Gasteiger charge is 2.32. The molecule has 98 valence electrons. The number of hydrogen-bond acceptors (Lipinski definition) is 5. The van der Waals surface area contributed by atoms with Gasteiger partial charge in [-0.2, -0.15) is 0 Å². The van der Waals surface area contributed by atoms with Crippen LogP contribution < -0.4 is 5.32 Å². The van der Waals surface area contributed by atoms with Crippen LogP contribution in [0.1, 0.15) is 13.3 Å². The maximum absolute atomic E-state index is 11.9. The van der Waals surface area contributed by atoms with Crippen molar-refractivity contribution in [2.45, 2.75) is 19.4 Å². The zero-order valence-electron chi connectivity index (χ0n) is 10.4. The summed E-state index contributed by atoms with van der Waals surface area (Å²) in [5, 5.41) is 3.09. The van der Waals surface area contributed by atoms with Gasteiger partial charge in [-0.25, -0.2) is 4.79 Å². The minimum atomic E-state index is -0.506. The first-order valence-corrected chi connectivity index (χ1v) is 5.86. The highest BCUT2D eigenvalue weighted by molar-refractivity contribution is 5.85. The Labute approximate surface area is 101 Å². The number of methoxy groups -OCH3 is 1. The highest BCUT2D eigenvalue weighted by Crippen LogP contribution is 2.08. The van der Waals surface area contributed by atoms with E-state index in [0.717, 1.165) is 0 Å². The van der Waals surface area contributed by atoms with Gasteiger partial charge in [0, 0.05) is 26.7 Å². The van der Waals surface area contributed by atoms with Crippen LogP contribution in [0.25, 0.3) is 0 Å². The first kappa shape index (κ1) is 13.9. The van der Waals surface area contributed by atoms with Crippen molar-refractivity contribution in [3.05, 3.63) is 0 Å². The van der Waals surface area contributed by atoms with Crippen molar-refractivity contribution in [3.8, 4) is 0 Å². The van der Waals surface area contributed by atoms with Crippen LogP contribution in [0, 0.1) is 0 Å². The number of rotatable bonds is 5. The monoisotopic (exact) mass is 244 g/mol. The van der Waals surface area contributed by atoms with Crippen LogP contribution in [0.4, 0.5) is 0 Å². The molecule has 0 bridgehead atoms. The van der Waals surface area contributed by atoms with Gasteiger partial charge in [-0.3, -0.25) is 4.79 Å². The van der Waals surface area contributed by atoms with Crippen molar-refractivity contribution in [1.29, 1.82) is 0 Å². The summed E-state index contributed by atoms with van der Waals surface area (Å²) >= 11 is 0.